The third kappa shape index (κ3) is 3.47. The summed E-state index contributed by atoms with van der Waals surface area (Å²) in [6.07, 6.45) is 0. The molecule has 1 atom stereocenters. The Morgan fingerprint density at radius 2 is 2.19 bits per heavy atom. The van der Waals surface area contributed by atoms with E-state index in [2.05, 4.69) is 62.8 Å². The van der Waals surface area contributed by atoms with Crippen LogP contribution in [0.3, 0.4) is 0 Å². The number of halogens is 1. The maximum absolute atomic E-state index is 3.52. The Morgan fingerprint density at radius 3 is 2.88 bits per heavy atom. The Labute approximate surface area is 105 Å². The number of nitrogens with one attached hydrogen (secondary N) is 2. The molecule has 1 aromatic carbocycles. The normalized spacial score (nSPS) is 22.0. The predicted octanol–water partition coefficient (Wildman–Crippen LogP) is 1.76. The lowest BCUT2D eigenvalue weighted by molar-refractivity contribution is 0.244. The van der Waals surface area contributed by atoms with Crippen molar-refractivity contribution in [3.63, 3.8) is 0 Å². The molecule has 0 spiro atoms. The highest BCUT2D eigenvalue weighted by atomic mass is 79.9. The summed E-state index contributed by atoms with van der Waals surface area (Å²) in [5, 5.41) is 6.97. The lowest BCUT2D eigenvalue weighted by Gasteiger charge is -2.31. The number of benzene rings is 1. The van der Waals surface area contributed by atoms with E-state index < -0.39 is 0 Å². The maximum atomic E-state index is 3.52. The Bertz CT molecular complexity index is 326. The molecule has 1 fully saturated rings. The van der Waals surface area contributed by atoms with E-state index in [9.17, 15) is 0 Å². The van der Waals surface area contributed by atoms with Crippen molar-refractivity contribution in [3.8, 4) is 0 Å². The van der Waals surface area contributed by atoms with Gasteiger partial charge in [-0.15, -0.1) is 0 Å². The predicted molar refractivity (Wildman–Crippen MR) is 71.9 cm³/mol. The van der Waals surface area contributed by atoms with Crippen LogP contribution in [0.15, 0.2) is 28.7 Å². The van der Waals surface area contributed by atoms with Crippen molar-refractivity contribution in [1.82, 2.24) is 10.2 Å². The Hall–Kier alpha value is -0.580. The van der Waals surface area contributed by atoms with Gasteiger partial charge in [0.2, 0.25) is 0 Å². The average molecular weight is 284 g/mol. The minimum atomic E-state index is 0.544. The molecule has 1 aliphatic heterocycles. The SMILES string of the molecule is CN1CCNC(CNc2ccc(Br)cc2)C1. The highest BCUT2D eigenvalue weighted by molar-refractivity contribution is 9.10. The van der Waals surface area contributed by atoms with E-state index in [1.165, 1.54) is 5.69 Å². The van der Waals surface area contributed by atoms with Crippen LogP contribution in [0.2, 0.25) is 0 Å². The monoisotopic (exact) mass is 283 g/mol. The summed E-state index contributed by atoms with van der Waals surface area (Å²) in [5.41, 5.74) is 1.18. The van der Waals surface area contributed by atoms with Crippen molar-refractivity contribution in [2.45, 2.75) is 6.04 Å². The van der Waals surface area contributed by atoms with Crippen LogP contribution in [0.1, 0.15) is 0 Å². The molecule has 0 aromatic heterocycles. The molecule has 1 saturated heterocycles. The minimum absolute atomic E-state index is 0.544. The standard InChI is InChI=1S/C12H18BrN3/c1-16-7-6-14-12(9-16)8-15-11-4-2-10(13)3-5-11/h2-5,12,14-15H,6-9H2,1H3. The fourth-order valence-corrected chi connectivity index (χ4v) is 2.20. The van der Waals surface area contributed by atoms with Crippen LogP contribution in [0, 0.1) is 0 Å². The van der Waals surface area contributed by atoms with Crippen LogP contribution in [0.4, 0.5) is 5.69 Å². The van der Waals surface area contributed by atoms with Crippen LogP contribution in [0.25, 0.3) is 0 Å². The average Bonchev–Trinajstić information content (AvgIpc) is 2.28. The molecule has 0 amide bonds. The molecule has 0 saturated carbocycles. The molecule has 1 unspecified atom stereocenters. The number of nitrogens with zero attached hydrogens (tertiary/aromatic N) is 1. The Kier molecular flexibility index (Phi) is 4.21. The summed E-state index contributed by atoms with van der Waals surface area (Å²) in [4.78, 5) is 2.37. The fourth-order valence-electron chi connectivity index (χ4n) is 1.94. The van der Waals surface area contributed by atoms with Gasteiger partial charge in [0.1, 0.15) is 0 Å². The molecule has 88 valence electrons. The van der Waals surface area contributed by atoms with E-state index in [-0.39, 0.29) is 0 Å². The van der Waals surface area contributed by atoms with Gasteiger partial charge in [-0.1, -0.05) is 15.9 Å². The first-order valence-corrected chi connectivity index (χ1v) is 6.45. The summed E-state index contributed by atoms with van der Waals surface area (Å²) in [6, 6.07) is 8.85. The molecule has 0 aliphatic carbocycles. The molecule has 1 aromatic rings. The fraction of sp³-hybridized carbons (Fsp3) is 0.500. The lowest BCUT2D eigenvalue weighted by Crippen LogP contribution is -2.51. The molecule has 2 N–H and O–H groups in total. The zero-order chi connectivity index (χ0) is 11.4. The van der Waals surface area contributed by atoms with E-state index in [4.69, 9.17) is 0 Å². The first-order chi connectivity index (χ1) is 7.74. The molecule has 1 heterocycles. The number of hydrogen-bond donors (Lipinski definition) is 2. The lowest BCUT2D eigenvalue weighted by atomic mass is 10.2. The molecule has 2 rings (SSSR count). The summed E-state index contributed by atoms with van der Waals surface area (Å²) >= 11 is 3.43. The van der Waals surface area contributed by atoms with Crippen LogP contribution in [-0.2, 0) is 0 Å². The number of hydrogen-bond acceptors (Lipinski definition) is 3. The summed E-state index contributed by atoms with van der Waals surface area (Å²) < 4.78 is 1.12. The van der Waals surface area contributed by atoms with E-state index in [0.29, 0.717) is 6.04 Å². The molecule has 0 radical (unpaired) electrons. The summed E-state index contributed by atoms with van der Waals surface area (Å²) in [5.74, 6) is 0. The van der Waals surface area contributed by atoms with Crippen LogP contribution in [-0.4, -0.2) is 44.2 Å². The van der Waals surface area contributed by atoms with Crippen LogP contribution in [0.5, 0.6) is 0 Å². The third-order valence-corrected chi connectivity index (χ3v) is 3.38. The minimum Gasteiger partial charge on any atom is -0.383 e. The van der Waals surface area contributed by atoms with E-state index >= 15 is 0 Å². The smallest absolute Gasteiger partial charge is 0.0369 e. The van der Waals surface area contributed by atoms with Crippen LogP contribution < -0.4 is 10.6 Å². The zero-order valence-corrected chi connectivity index (χ0v) is 11.1. The van der Waals surface area contributed by atoms with Gasteiger partial charge in [0.15, 0.2) is 0 Å². The molecule has 4 heteroatoms. The number of anilines is 1. The number of rotatable bonds is 3. The van der Waals surface area contributed by atoms with Gasteiger partial charge in [-0.05, 0) is 31.3 Å². The van der Waals surface area contributed by atoms with E-state index in [0.717, 1.165) is 30.7 Å². The summed E-state index contributed by atoms with van der Waals surface area (Å²) in [7, 11) is 2.17. The summed E-state index contributed by atoms with van der Waals surface area (Å²) in [6.45, 7) is 4.33. The highest BCUT2D eigenvalue weighted by Crippen LogP contribution is 2.14. The molecule has 3 nitrogen and oxygen atoms in total. The third-order valence-electron chi connectivity index (χ3n) is 2.86. The first-order valence-electron chi connectivity index (χ1n) is 5.65. The van der Waals surface area contributed by atoms with Gasteiger partial charge >= 0.3 is 0 Å². The Balaban J connectivity index is 1.80. The number of piperazine rings is 1. The molecule has 0 bridgehead atoms. The van der Waals surface area contributed by atoms with Gasteiger partial charge < -0.3 is 15.5 Å². The highest BCUT2D eigenvalue weighted by Gasteiger charge is 2.15. The van der Waals surface area contributed by atoms with Crippen molar-refractivity contribution >= 4 is 21.6 Å². The second-order valence-electron chi connectivity index (χ2n) is 4.30. The van der Waals surface area contributed by atoms with Gasteiger partial charge in [0, 0.05) is 42.4 Å². The second-order valence-corrected chi connectivity index (χ2v) is 5.22. The van der Waals surface area contributed by atoms with Crippen LogP contribution >= 0.6 is 15.9 Å². The van der Waals surface area contributed by atoms with Crippen molar-refractivity contribution in [2.75, 3.05) is 38.5 Å². The van der Waals surface area contributed by atoms with E-state index in [1.54, 1.807) is 0 Å². The van der Waals surface area contributed by atoms with Crippen molar-refractivity contribution in [1.29, 1.82) is 0 Å². The van der Waals surface area contributed by atoms with Crippen molar-refractivity contribution in [3.05, 3.63) is 28.7 Å². The van der Waals surface area contributed by atoms with Gasteiger partial charge in [-0.3, -0.25) is 0 Å². The Morgan fingerprint density at radius 1 is 1.44 bits per heavy atom. The second kappa shape index (κ2) is 5.66. The van der Waals surface area contributed by atoms with Crippen molar-refractivity contribution < 1.29 is 0 Å². The van der Waals surface area contributed by atoms with Gasteiger partial charge in [0.05, 0.1) is 0 Å². The van der Waals surface area contributed by atoms with E-state index in [1.807, 2.05) is 0 Å². The largest absolute Gasteiger partial charge is 0.383 e. The quantitative estimate of drug-likeness (QED) is 0.885. The molecule has 16 heavy (non-hydrogen) atoms. The topological polar surface area (TPSA) is 27.3 Å². The number of likely N-dealkylation sites (N-methyl/N-ethyl adjacent to an activating group) is 1. The molecular formula is C12H18BrN3. The zero-order valence-electron chi connectivity index (χ0n) is 9.54. The molecule has 1 aliphatic rings. The van der Waals surface area contributed by atoms with Gasteiger partial charge in [-0.25, -0.2) is 0 Å². The van der Waals surface area contributed by atoms with Gasteiger partial charge in [-0.2, -0.15) is 0 Å². The van der Waals surface area contributed by atoms with Gasteiger partial charge in [0.25, 0.3) is 0 Å². The van der Waals surface area contributed by atoms with Crippen molar-refractivity contribution in [2.24, 2.45) is 0 Å². The maximum Gasteiger partial charge on any atom is 0.0369 e. The molecular weight excluding hydrogens is 266 g/mol. The first kappa shape index (κ1) is 11.9.